The SMILES string of the molecule is NC(=O)c1cc(S(=O)(=O)c2ccc(OCCNC[C@@H](O)c3ccccc3)cc2)ccc1OCc1ccccc1. The van der Waals surface area contributed by atoms with Crippen molar-refractivity contribution < 1.29 is 27.8 Å². The lowest BCUT2D eigenvalue weighted by Gasteiger charge is -2.13. The number of nitrogens with one attached hydrogen (secondary N) is 1. The van der Waals surface area contributed by atoms with Gasteiger partial charge < -0.3 is 25.6 Å². The zero-order valence-electron chi connectivity index (χ0n) is 21.2. The van der Waals surface area contributed by atoms with E-state index in [1.54, 1.807) is 12.1 Å². The van der Waals surface area contributed by atoms with Crippen LogP contribution in [0.4, 0.5) is 0 Å². The molecule has 0 unspecified atom stereocenters. The number of benzene rings is 4. The molecule has 0 aromatic heterocycles. The van der Waals surface area contributed by atoms with Crippen molar-refractivity contribution in [1.82, 2.24) is 5.32 Å². The minimum absolute atomic E-state index is 0.0168. The van der Waals surface area contributed by atoms with Crippen LogP contribution in [0.1, 0.15) is 27.6 Å². The Labute approximate surface area is 227 Å². The van der Waals surface area contributed by atoms with E-state index in [0.717, 1.165) is 11.1 Å². The van der Waals surface area contributed by atoms with Gasteiger partial charge >= 0.3 is 0 Å². The second-order valence-corrected chi connectivity index (χ2v) is 10.7. The van der Waals surface area contributed by atoms with E-state index < -0.39 is 21.8 Å². The van der Waals surface area contributed by atoms with Gasteiger partial charge in [0.05, 0.1) is 21.5 Å². The summed E-state index contributed by atoms with van der Waals surface area (Å²) < 4.78 is 37.9. The van der Waals surface area contributed by atoms with Gasteiger partial charge in [0, 0.05) is 13.1 Å². The van der Waals surface area contributed by atoms with E-state index in [1.165, 1.54) is 30.3 Å². The van der Waals surface area contributed by atoms with Gasteiger partial charge in [0.15, 0.2) is 0 Å². The molecule has 202 valence electrons. The van der Waals surface area contributed by atoms with E-state index in [-0.39, 0.29) is 27.7 Å². The number of aliphatic hydroxyl groups is 1. The zero-order chi connectivity index (χ0) is 27.7. The quantitative estimate of drug-likeness (QED) is 0.217. The van der Waals surface area contributed by atoms with E-state index >= 15 is 0 Å². The molecule has 0 aliphatic carbocycles. The maximum atomic E-state index is 13.2. The number of rotatable bonds is 13. The van der Waals surface area contributed by atoms with Crippen LogP contribution in [0.3, 0.4) is 0 Å². The van der Waals surface area contributed by atoms with Crippen LogP contribution >= 0.6 is 0 Å². The fraction of sp³-hybridized carbons (Fsp3) is 0.167. The van der Waals surface area contributed by atoms with Crippen LogP contribution in [0, 0.1) is 0 Å². The Morgan fingerprint density at radius 2 is 1.49 bits per heavy atom. The molecule has 4 N–H and O–H groups in total. The molecule has 0 saturated carbocycles. The second-order valence-electron chi connectivity index (χ2n) is 8.75. The molecule has 1 amide bonds. The zero-order valence-corrected chi connectivity index (χ0v) is 22.0. The summed E-state index contributed by atoms with van der Waals surface area (Å²) in [5, 5.41) is 13.3. The summed E-state index contributed by atoms with van der Waals surface area (Å²) in [6, 6.07) is 28.8. The van der Waals surface area contributed by atoms with Crippen molar-refractivity contribution in [2.24, 2.45) is 5.73 Å². The second kappa shape index (κ2) is 13.1. The van der Waals surface area contributed by atoms with Crippen LogP contribution in [-0.2, 0) is 16.4 Å². The third-order valence-corrected chi connectivity index (χ3v) is 7.73. The molecular weight excluding hydrogens is 516 g/mol. The molecule has 0 spiro atoms. The highest BCUT2D eigenvalue weighted by Gasteiger charge is 2.21. The smallest absolute Gasteiger partial charge is 0.252 e. The first-order valence-corrected chi connectivity index (χ1v) is 13.8. The molecular formula is C30H30N2O6S. The molecule has 4 aromatic carbocycles. The Kier molecular flexibility index (Phi) is 9.32. The van der Waals surface area contributed by atoms with Crippen molar-refractivity contribution in [1.29, 1.82) is 0 Å². The minimum Gasteiger partial charge on any atom is -0.492 e. The molecule has 0 fully saturated rings. The fourth-order valence-corrected chi connectivity index (χ4v) is 5.14. The lowest BCUT2D eigenvalue weighted by atomic mass is 10.1. The van der Waals surface area contributed by atoms with Crippen LogP contribution in [0.15, 0.2) is 113 Å². The van der Waals surface area contributed by atoms with Gasteiger partial charge in [-0.2, -0.15) is 0 Å². The largest absolute Gasteiger partial charge is 0.492 e. The van der Waals surface area contributed by atoms with Crippen LogP contribution < -0.4 is 20.5 Å². The molecule has 0 aliphatic rings. The average molecular weight is 547 g/mol. The van der Waals surface area contributed by atoms with Gasteiger partial charge in [0.1, 0.15) is 24.7 Å². The van der Waals surface area contributed by atoms with E-state index in [0.29, 0.717) is 25.4 Å². The Morgan fingerprint density at radius 1 is 0.846 bits per heavy atom. The Bertz CT molecular complexity index is 1480. The molecule has 0 aliphatic heterocycles. The topological polar surface area (TPSA) is 128 Å². The van der Waals surface area contributed by atoms with Crippen molar-refractivity contribution in [3.8, 4) is 11.5 Å². The molecule has 39 heavy (non-hydrogen) atoms. The Morgan fingerprint density at radius 3 is 2.15 bits per heavy atom. The summed E-state index contributed by atoms with van der Waals surface area (Å²) in [5.74, 6) is -0.0791. The lowest BCUT2D eigenvalue weighted by Crippen LogP contribution is -2.26. The molecule has 4 rings (SSSR count). The van der Waals surface area contributed by atoms with E-state index in [4.69, 9.17) is 15.2 Å². The van der Waals surface area contributed by atoms with Crippen LogP contribution in [0.2, 0.25) is 0 Å². The predicted octanol–water partition coefficient (Wildman–Crippen LogP) is 3.90. The van der Waals surface area contributed by atoms with Crippen molar-refractivity contribution in [2.75, 3.05) is 19.7 Å². The maximum absolute atomic E-state index is 13.2. The fourth-order valence-electron chi connectivity index (χ4n) is 3.85. The highest BCUT2D eigenvalue weighted by Crippen LogP contribution is 2.28. The summed E-state index contributed by atoms with van der Waals surface area (Å²) in [4.78, 5) is 12.0. The molecule has 1 atom stereocenters. The van der Waals surface area contributed by atoms with Crippen molar-refractivity contribution in [3.63, 3.8) is 0 Å². The van der Waals surface area contributed by atoms with Crippen molar-refractivity contribution in [3.05, 3.63) is 120 Å². The Balaban J connectivity index is 1.34. The average Bonchev–Trinajstić information content (AvgIpc) is 2.97. The molecule has 4 aromatic rings. The van der Waals surface area contributed by atoms with Crippen LogP contribution in [-0.4, -0.2) is 39.1 Å². The number of carbonyl (C=O) groups is 1. The first kappa shape index (κ1) is 27.8. The highest BCUT2D eigenvalue weighted by molar-refractivity contribution is 7.91. The van der Waals surface area contributed by atoms with Gasteiger partial charge in [0.25, 0.3) is 5.91 Å². The molecule has 0 bridgehead atoms. The number of hydrogen-bond acceptors (Lipinski definition) is 7. The molecule has 0 heterocycles. The Hall–Kier alpha value is -4.18. The van der Waals surface area contributed by atoms with E-state index in [2.05, 4.69) is 5.32 Å². The van der Waals surface area contributed by atoms with Crippen molar-refractivity contribution >= 4 is 15.7 Å². The predicted molar refractivity (Wildman–Crippen MR) is 147 cm³/mol. The van der Waals surface area contributed by atoms with Gasteiger partial charge in [-0.1, -0.05) is 60.7 Å². The molecule has 0 saturated heterocycles. The number of aliphatic hydroxyl groups excluding tert-OH is 1. The summed E-state index contributed by atoms with van der Waals surface area (Å²) >= 11 is 0. The summed E-state index contributed by atoms with van der Waals surface area (Å²) in [7, 11) is -3.92. The summed E-state index contributed by atoms with van der Waals surface area (Å²) in [6.07, 6.45) is -0.615. The van der Waals surface area contributed by atoms with Gasteiger partial charge in [-0.3, -0.25) is 4.79 Å². The number of amides is 1. The number of ether oxygens (including phenoxy) is 2. The number of nitrogens with two attached hydrogens (primary N) is 1. The van der Waals surface area contributed by atoms with Gasteiger partial charge in [-0.25, -0.2) is 8.42 Å². The highest BCUT2D eigenvalue weighted by atomic mass is 32.2. The first-order chi connectivity index (χ1) is 18.8. The molecule has 9 heteroatoms. The first-order valence-electron chi connectivity index (χ1n) is 12.4. The minimum atomic E-state index is -3.92. The molecule has 8 nitrogen and oxygen atoms in total. The summed E-state index contributed by atoms with van der Waals surface area (Å²) in [6.45, 7) is 1.42. The van der Waals surface area contributed by atoms with Gasteiger partial charge in [-0.05, 0) is 53.6 Å². The lowest BCUT2D eigenvalue weighted by molar-refractivity contribution is 0.0995. The van der Waals surface area contributed by atoms with Gasteiger partial charge in [-0.15, -0.1) is 0 Å². The third kappa shape index (κ3) is 7.44. The maximum Gasteiger partial charge on any atom is 0.252 e. The normalized spacial score (nSPS) is 12.0. The van der Waals surface area contributed by atoms with Gasteiger partial charge in [0.2, 0.25) is 9.84 Å². The van der Waals surface area contributed by atoms with E-state index in [9.17, 15) is 18.3 Å². The van der Waals surface area contributed by atoms with E-state index in [1.807, 2.05) is 60.7 Å². The third-order valence-electron chi connectivity index (χ3n) is 5.97. The van der Waals surface area contributed by atoms with Crippen molar-refractivity contribution in [2.45, 2.75) is 22.5 Å². The number of sulfone groups is 1. The number of carbonyl (C=O) groups excluding carboxylic acids is 1. The molecule has 0 radical (unpaired) electrons. The van der Waals surface area contributed by atoms with Crippen LogP contribution in [0.5, 0.6) is 11.5 Å². The monoisotopic (exact) mass is 546 g/mol. The van der Waals surface area contributed by atoms with Crippen LogP contribution in [0.25, 0.3) is 0 Å². The number of hydrogen-bond donors (Lipinski definition) is 3. The summed E-state index contributed by atoms with van der Waals surface area (Å²) in [5.41, 5.74) is 7.23. The number of primary amides is 1. The standard InChI is InChI=1S/C30H30N2O6S/c31-30(34)27-19-26(15-16-29(27)38-21-22-7-3-1-4-8-22)39(35,36)25-13-11-24(12-14-25)37-18-17-32-20-28(33)23-9-5-2-6-10-23/h1-16,19,28,32-33H,17-18,20-21H2,(H2,31,34)/t28-/m1/s1.